The van der Waals surface area contributed by atoms with Crippen LogP contribution in [0.2, 0.25) is 0 Å². The minimum Gasteiger partial charge on any atom is -0.396 e. The second-order valence-corrected chi connectivity index (χ2v) is 2.62. The van der Waals surface area contributed by atoms with Crippen molar-refractivity contribution in [2.75, 3.05) is 6.61 Å². The number of aliphatic hydroxyl groups excluding tert-OH is 1. The Bertz CT molecular complexity index is 189. The van der Waals surface area contributed by atoms with E-state index in [9.17, 15) is 4.39 Å². The van der Waals surface area contributed by atoms with Crippen LogP contribution < -0.4 is 0 Å². The summed E-state index contributed by atoms with van der Waals surface area (Å²) in [5, 5.41) is 7.95. The Labute approximate surface area is 56.0 Å². The van der Waals surface area contributed by atoms with Gasteiger partial charge < -0.3 is 5.11 Å². The molecule has 0 fully saturated rings. The number of aliphatic hydroxyl groups is 1. The number of halogens is 1. The minimum atomic E-state index is -0.432. The highest BCUT2D eigenvalue weighted by Crippen LogP contribution is 2.10. The van der Waals surface area contributed by atoms with Crippen molar-refractivity contribution in [2.45, 2.75) is 6.42 Å². The summed E-state index contributed by atoms with van der Waals surface area (Å²) in [5.41, 5.74) is 0. The first-order valence-corrected chi connectivity index (χ1v) is 3.35. The molecule has 0 aliphatic heterocycles. The van der Waals surface area contributed by atoms with Gasteiger partial charge in [-0.1, -0.05) is 11.3 Å². The average Bonchev–Trinajstić information content (AvgIpc) is 2.17. The van der Waals surface area contributed by atoms with Crippen LogP contribution in [0.5, 0.6) is 0 Å². The van der Waals surface area contributed by atoms with Crippen molar-refractivity contribution in [1.29, 1.82) is 0 Å². The summed E-state index contributed by atoms with van der Waals surface area (Å²) in [6.45, 7) is 0.0572. The maximum Gasteiger partial charge on any atom is 0.269 e. The zero-order valence-corrected chi connectivity index (χ0v) is 5.49. The normalized spacial score (nSPS) is 10.0. The van der Waals surface area contributed by atoms with Crippen LogP contribution >= 0.6 is 11.3 Å². The molecule has 1 aromatic rings. The summed E-state index contributed by atoms with van der Waals surface area (Å²) in [7, 11) is 0. The number of rotatable bonds is 2. The Kier molecular flexibility index (Phi) is 2.13. The molecular formula is C5H6FNOS. The van der Waals surface area contributed by atoms with Gasteiger partial charge in [-0.15, -0.1) is 0 Å². The summed E-state index contributed by atoms with van der Waals surface area (Å²) in [4.78, 5) is 4.16. The van der Waals surface area contributed by atoms with Gasteiger partial charge >= 0.3 is 0 Å². The van der Waals surface area contributed by atoms with E-state index in [-0.39, 0.29) is 6.61 Å². The molecule has 4 heteroatoms. The van der Waals surface area contributed by atoms with Crippen molar-refractivity contribution in [2.24, 2.45) is 0 Å². The van der Waals surface area contributed by atoms with Gasteiger partial charge in [-0.3, -0.25) is 0 Å². The molecule has 0 spiro atoms. The molecule has 0 aromatic carbocycles. The van der Waals surface area contributed by atoms with Gasteiger partial charge in [0.15, 0.2) is 0 Å². The third kappa shape index (κ3) is 1.73. The number of aromatic nitrogens is 1. The first-order chi connectivity index (χ1) is 4.33. The number of thiazole rings is 1. The maximum absolute atomic E-state index is 12.1. The second kappa shape index (κ2) is 2.89. The molecule has 0 atom stereocenters. The molecule has 0 aliphatic carbocycles. The van der Waals surface area contributed by atoms with Gasteiger partial charge in [0.1, 0.15) is 0 Å². The first-order valence-electron chi connectivity index (χ1n) is 2.54. The third-order valence-corrected chi connectivity index (χ3v) is 1.73. The molecule has 9 heavy (non-hydrogen) atoms. The maximum atomic E-state index is 12.1. The topological polar surface area (TPSA) is 33.1 Å². The van der Waals surface area contributed by atoms with Gasteiger partial charge in [-0.25, -0.2) is 4.98 Å². The number of nitrogens with zero attached hydrogens (tertiary/aromatic N) is 1. The monoisotopic (exact) mass is 147 g/mol. The Morgan fingerprint density at radius 2 is 2.56 bits per heavy atom. The third-order valence-electron chi connectivity index (χ3n) is 0.884. The van der Waals surface area contributed by atoms with Crippen LogP contribution in [0.4, 0.5) is 4.39 Å². The molecule has 1 rings (SSSR count). The van der Waals surface area contributed by atoms with Crippen LogP contribution in [0.15, 0.2) is 6.20 Å². The van der Waals surface area contributed by atoms with E-state index in [4.69, 9.17) is 5.11 Å². The molecule has 0 unspecified atom stereocenters. The van der Waals surface area contributed by atoms with Crippen molar-refractivity contribution < 1.29 is 9.50 Å². The quantitative estimate of drug-likeness (QED) is 0.671. The second-order valence-electron chi connectivity index (χ2n) is 1.55. The molecule has 0 saturated carbocycles. The molecule has 0 aliphatic rings. The Hall–Kier alpha value is -0.480. The van der Waals surface area contributed by atoms with E-state index in [2.05, 4.69) is 4.98 Å². The highest BCUT2D eigenvalue weighted by molar-refractivity contribution is 7.09. The van der Waals surface area contributed by atoms with Crippen molar-refractivity contribution in [3.8, 4) is 0 Å². The lowest BCUT2D eigenvalue weighted by molar-refractivity contribution is 0.300. The summed E-state index contributed by atoms with van der Waals surface area (Å²) in [5.74, 6) is 0. The van der Waals surface area contributed by atoms with Crippen LogP contribution in [-0.2, 0) is 6.42 Å². The predicted octanol–water partition coefficient (Wildman–Crippen LogP) is 0.817. The van der Waals surface area contributed by atoms with E-state index in [1.54, 1.807) is 0 Å². The molecule has 0 saturated heterocycles. The number of hydrogen-bond acceptors (Lipinski definition) is 3. The predicted molar refractivity (Wildman–Crippen MR) is 32.9 cm³/mol. The molecular weight excluding hydrogens is 141 g/mol. The lowest BCUT2D eigenvalue weighted by Gasteiger charge is -1.84. The Morgan fingerprint density at radius 1 is 1.78 bits per heavy atom. The fourth-order valence-corrected chi connectivity index (χ4v) is 1.13. The van der Waals surface area contributed by atoms with Crippen molar-refractivity contribution in [3.63, 3.8) is 0 Å². The highest BCUT2D eigenvalue weighted by atomic mass is 32.1. The summed E-state index contributed by atoms with van der Waals surface area (Å²) in [6.07, 6.45) is 1.94. The summed E-state index contributed by atoms with van der Waals surface area (Å²) in [6, 6.07) is 0. The van der Waals surface area contributed by atoms with Crippen LogP contribution in [0.25, 0.3) is 0 Å². The van der Waals surface area contributed by atoms with Crippen LogP contribution in [-0.4, -0.2) is 16.7 Å². The van der Waals surface area contributed by atoms with Crippen LogP contribution in [0.3, 0.4) is 0 Å². The van der Waals surface area contributed by atoms with Crippen molar-refractivity contribution >= 4 is 11.3 Å². The largest absolute Gasteiger partial charge is 0.396 e. The molecule has 2 nitrogen and oxygen atoms in total. The van der Waals surface area contributed by atoms with E-state index >= 15 is 0 Å². The molecule has 1 aromatic heterocycles. The lowest BCUT2D eigenvalue weighted by Crippen LogP contribution is -1.84. The fourth-order valence-electron chi connectivity index (χ4n) is 0.509. The van der Waals surface area contributed by atoms with Gasteiger partial charge in [0, 0.05) is 24.1 Å². The van der Waals surface area contributed by atoms with Gasteiger partial charge in [0.25, 0.3) is 5.26 Å². The Balaban J connectivity index is 2.61. The van der Waals surface area contributed by atoms with Crippen LogP contribution in [0, 0.1) is 5.26 Å². The van der Waals surface area contributed by atoms with Gasteiger partial charge in [0.05, 0.1) is 0 Å². The van der Waals surface area contributed by atoms with Gasteiger partial charge in [0.2, 0.25) is 0 Å². The highest BCUT2D eigenvalue weighted by Gasteiger charge is 1.97. The van der Waals surface area contributed by atoms with E-state index in [1.807, 2.05) is 0 Å². The molecule has 1 N–H and O–H groups in total. The van der Waals surface area contributed by atoms with E-state index < -0.39 is 5.26 Å². The molecule has 50 valence electrons. The van der Waals surface area contributed by atoms with Crippen molar-refractivity contribution in [3.05, 3.63) is 16.3 Å². The van der Waals surface area contributed by atoms with E-state index in [0.717, 1.165) is 16.2 Å². The van der Waals surface area contributed by atoms with E-state index in [0.29, 0.717) is 6.42 Å². The van der Waals surface area contributed by atoms with Gasteiger partial charge in [-0.05, 0) is 0 Å². The zero-order chi connectivity index (χ0) is 6.69. The first kappa shape index (κ1) is 6.64. The smallest absolute Gasteiger partial charge is 0.269 e. The Morgan fingerprint density at radius 3 is 3.00 bits per heavy atom. The molecule has 1 heterocycles. The average molecular weight is 147 g/mol. The SMILES string of the molecule is OCCc1cnc(F)s1. The lowest BCUT2D eigenvalue weighted by atomic mass is 10.4. The summed E-state index contributed by atoms with van der Waals surface area (Å²) >= 11 is 0.975. The standard InChI is InChI=1S/C5H6FNOS/c6-5-7-3-4(9-5)1-2-8/h3,8H,1-2H2. The fraction of sp³-hybridized carbons (Fsp3) is 0.400. The molecule has 0 amide bonds. The molecule has 0 radical (unpaired) electrons. The zero-order valence-electron chi connectivity index (χ0n) is 4.67. The minimum absolute atomic E-state index is 0.0572. The molecule has 0 bridgehead atoms. The summed E-state index contributed by atoms with van der Waals surface area (Å²) < 4.78 is 12.1. The van der Waals surface area contributed by atoms with Crippen molar-refractivity contribution in [1.82, 2.24) is 4.98 Å². The number of hydrogen-bond donors (Lipinski definition) is 1. The van der Waals surface area contributed by atoms with Gasteiger partial charge in [-0.2, -0.15) is 4.39 Å². The van der Waals surface area contributed by atoms with E-state index in [1.165, 1.54) is 6.20 Å². The van der Waals surface area contributed by atoms with Crippen LogP contribution in [0.1, 0.15) is 4.88 Å².